The highest BCUT2D eigenvalue weighted by molar-refractivity contribution is 6.33. The second-order valence-corrected chi connectivity index (χ2v) is 6.62. The smallest absolute Gasteiger partial charge is 0.226 e. The van der Waals surface area contributed by atoms with E-state index in [2.05, 4.69) is 20.9 Å². The van der Waals surface area contributed by atoms with Crippen molar-refractivity contribution in [3.63, 3.8) is 0 Å². The monoisotopic (exact) mass is 402 g/mol. The van der Waals surface area contributed by atoms with E-state index in [1.54, 1.807) is 7.11 Å². The van der Waals surface area contributed by atoms with Crippen LogP contribution in [0.3, 0.4) is 0 Å². The van der Waals surface area contributed by atoms with Crippen LogP contribution in [0, 0.1) is 6.92 Å². The Bertz CT molecular complexity index is 824. The highest BCUT2D eigenvalue weighted by atomic mass is 35.5. The van der Waals surface area contributed by atoms with Crippen LogP contribution in [0.25, 0.3) is 0 Å². The Hall–Kier alpha value is -2.73. The molecule has 150 valence electrons. The van der Waals surface area contributed by atoms with Gasteiger partial charge in [-0.1, -0.05) is 35.9 Å². The molecule has 0 aliphatic rings. The van der Waals surface area contributed by atoms with Crippen LogP contribution in [0.2, 0.25) is 5.02 Å². The van der Waals surface area contributed by atoms with E-state index in [0.717, 1.165) is 23.4 Å². The molecular formula is C21H27ClN4O2. The Morgan fingerprint density at radius 3 is 2.68 bits per heavy atom. The minimum atomic E-state index is -0.112. The van der Waals surface area contributed by atoms with Crippen molar-refractivity contribution in [2.75, 3.05) is 25.5 Å². The van der Waals surface area contributed by atoms with Gasteiger partial charge in [0.25, 0.3) is 0 Å². The van der Waals surface area contributed by atoms with Crippen molar-refractivity contribution in [3.05, 3.63) is 58.6 Å². The number of anilines is 1. The lowest BCUT2D eigenvalue weighted by atomic mass is 10.2. The van der Waals surface area contributed by atoms with Crippen LogP contribution in [0.15, 0.2) is 47.5 Å². The van der Waals surface area contributed by atoms with E-state index in [9.17, 15) is 4.79 Å². The number of benzene rings is 2. The molecular weight excluding hydrogens is 376 g/mol. The maximum absolute atomic E-state index is 12.2. The van der Waals surface area contributed by atoms with Crippen LogP contribution in [-0.2, 0) is 11.3 Å². The number of rotatable bonds is 8. The summed E-state index contributed by atoms with van der Waals surface area (Å²) in [6, 6.07) is 13.3. The minimum Gasteiger partial charge on any atom is -0.496 e. The van der Waals surface area contributed by atoms with E-state index in [-0.39, 0.29) is 5.91 Å². The summed E-state index contributed by atoms with van der Waals surface area (Å²) in [5.41, 5.74) is 2.66. The molecule has 2 aromatic carbocycles. The molecule has 0 aliphatic heterocycles. The fourth-order valence-corrected chi connectivity index (χ4v) is 2.85. The Kier molecular flexibility index (Phi) is 8.62. The van der Waals surface area contributed by atoms with Crippen LogP contribution < -0.4 is 20.7 Å². The van der Waals surface area contributed by atoms with E-state index in [1.807, 2.05) is 56.3 Å². The van der Waals surface area contributed by atoms with Crippen molar-refractivity contribution in [2.24, 2.45) is 4.99 Å². The third-order valence-electron chi connectivity index (χ3n) is 3.99. The van der Waals surface area contributed by atoms with E-state index in [4.69, 9.17) is 16.3 Å². The average Bonchev–Trinajstić information content (AvgIpc) is 2.68. The van der Waals surface area contributed by atoms with Gasteiger partial charge >= 0.3 is 0 Å². The second kappa shape index (κ2) is 11.2. The normalized spacial score (nSPS) is 11.1. The maximum Gasteiger partial charge on any atom is 0.226 e. The number of methoxy groups -OCH3 is 1. The summed E-state index contributed by atoms with van der Waals surface area (Å²) in [5, 5.41) is 9.71. The van der Waals surface area contributed by atoms with Gasteiger partial charge < -0.3 is 20.7 Å². The van der Waals surface area contributed by atoms with Gasteiger partial charge in [0, 0.05) is 25.1 Å². The lowest BCUT2D eigenvalue weighted by Crippen LogP contribution is -2.38. The molecule has 2 rings (SSSR count). The lowest BCUT2D eigenvalue weighted by molar-refractivity contribution is -0.116. The van der Waals surface area contributed by atoms with Crippen molar-refractivity contribution in [3.8, 4) is 5.75 Å². The molecule has 0 bridgehead atoms. The van der Waals surface area contributed by atoms with Crippen molar-refractivity contribution in [1.29, 1.82) is 0 Å². The van der Waals surface area contributed by atoms with E-state index in [1.165, 1.54) is 0 Å². The molecule has 0 fully saturated rings. The lowest BCUT2D eigenvalue weighted by Gasteiger charge is -2.12. The third kappa shape index (κ3) is 6.78. The predicted octanol–water partition coefficient (Wildman–Crippen LogP) is 3.74. The fraction of sp³-hybridized carbons (Fsp3) is 0.333. The molecule has 0 spiro atoms. The van der Waals surface area contributed by atoms with Gasteiger partial charge in [0.15, 0.2) is 5.96 Å². The molecule has 0 atom stereocenters. The first-order valence-corrected chi connectivity index (χ1v) is 9.61. The summed E-state index contributed by atoms with van der Waals surface area (Å²) in [6.45, 7) is 5.60. The number of hydrogen-bond acceptors (Lipinski definition) is 3. The summed E-state index contributed by atoms with van der Waals surface area (Å²) < 4.78 is 5.35. The molecule has 0 aliphatic carbocycles. The van der Waals surface area contributed by atoms with E-state index < -0.39 is 0 Å². The number of nitrogens with one attached hydrogen (secondary N) is 3. The fourth-order valence-electron chi connectivity index (χ4n) is 2.57. The first-order chi connectivity index (χ1) is 13.5. The van der Waals surface area contributed by atoms with E-state index in [0.29, 0.717) is 36.2 Å². The predicted molar refractivity (Wildman–Crippen MR) is 115 cm³/mol. The minimum absolute atomic E-state index is 0.112. The van der Waals surface area contributed by atoms with Crippen LogP contribution in [0.5, 0.6) is 5.75 Å². The van der Waals surface area contributed by atoms with Gasteiger partial charge in [-0.3, -0.25) is 4.79 Å². The third-order valence-corrected chi connectivity index (χ3v) is 4.30. The molecule has 0 unspecified atom stereocenters. The first kappa shape index (κ1) is 21.6. The molecule has 7 heteroatoms. The van der Waals surface area contributed by atoms with Gasteiger partial charge in [-0.15, -0.1) is 0 Å². The molecule has 0 radical (unpaired) electrons. The van der Waals surface area contributed by atoms with Gasteiger partial charge in [-0.25, -0.2) is 4.99 Å². The van der Waals surface area contributed by atoms with Gasteiger partial charge in [-0.2, -0.15) is 0 Å². The molecule has 0 heterocycles. The number of aliphatic imine (C=N–C) groups is 1. The highest BCUT2D eigenvalue weighted by Crippen LogP contribution is 2.22. The quantitative estimate of drug-likeness (QED) is 0.464. The number of aryl methyl sites for hydroxylation is 1. The summed E-state index contributed by atoms with van der Waals surface area (Å²) in [6.07, 6.45) is 0.295. The Balaban J connectivity index is 1.87. The standard InChI is InChI=1S/C21H27ClN4O2/c1-4-23-21(25-14-16-7-5-6-8-19(16)28-3)24-12-11-20(27)26-18-10-9-15(2)13-17(18)22/h5-10,13H,4,11-12,14H2,1-3H3,(H,26,27)(H2,23,24,25). The summed E-state index contributed by atoms with van der Waals surface area (Å²) >= 11 is 6.15. The summed E-state index contributed by atoms with van der Waals surface area (Å²) in [4.78, 5) is 16.7. The van der Waals surface area contributed by atoms with Gasteiger partial charge in [0.1, 0.15) is 5.75 Å². The number of nitrogens with zero attached hydrogens (tertiary/aromatic N) is 1. The van der Waals surface area contributed by atoms with Crippen molar-refractivity contribution < 1.29 is 9.53 Å². The zero-order chi connectivity index (χ0) is 20.4. The van der Waals surface area contributed by atoms with Gasteiger partial charge in [0.2, 0.25) is 5.91 Å². The molecule has 28 heavy (non-hydrogen) atoms. The number of amides is 1. The topological polar surface area (TPSA) is 74.8 Å². The van der Waals surface area contributed by atoms with E-state index >= 15 is 0 Å². The first-order valence-electron chi connectivity index (χ1n) is 9.23. The van der Waals surface area contributed by atoms with Gasteiger partial charge in [-0.05, 0) is 37.6 Å². The zero-order valence-corrected chi connectivity index (χ0v) is 17.3. The summed E-state index contributed by atoms with van der Waals surface area (Å²) in [5.74, 6) is 1.34. The van der Waals surface area contributed by atoms with Crippen molar-refractivity contribution in [1.82, 2.24) is 10.6 Å². The van der Waals surface area contributed by atoms with Crippen LogP contribution in [0.1, 0.15) is 24.5 Å². The molecule has 1 amide bonds. The molecule has 6 nitrogen and oxygen atoms in total. The number of halogens is 1. The molecule has 0 saturated carbocycles. The SMILES string of the molecule is CCNC(=NCc1ccccc1OC)NCCC(=O)Nc1ccc(C)cc1Cl. The Morgan fingerprint density at radius 1 is 1.18 bits per heavy atom. The number of carbonyl (C=O) groups is 1. The van der Waals surface area contributed by atoms with Crippen LogP contribution in [0.4, 0.5) is 5.69 Å². The van der Waals surface area contributed by atoms with Gasteiger partial charge in [0.05, 0.1) is 24.4 Å². The summed E-state index contributed by atoms with van der Waals surface area (Å²) in [7, 11) is 1.64. The van der Waals surface area contributed by atoms with Crippen molar-refractivity contribution in [2.45, 2.75) is 26.8 Å². The molecule has 2 aromatic rings. The molecule has 0 aromatic heterocycles. The Labute approximate surface area is 171 Å². The number of ether oxygens (including phenoxy) is 1. The number of hydrogen-bond donors (Lipinski definition) is 3. The number of guanidine groups is 1. The Morgan fingerprint density at radius 2 is 1.96 bits per heavy atom. The number of para-hydroxylation sites is 1. The highest BCUT2D eigenvalue weighted by Gasteiger charge is 2.07. The number of carbonyl (C=O) groups excluding carboxylic acids is 1. The van der Waals surface area contributed by atoms with Crippen LogP contribution >= 0.6 is 11.6 Å². The maximum atomic E-state index is 12.2. The largest absolute Gasteiger partial charge is 0.496 e. The zero-order valence-electron chi connectivity index (χ0n) is 16.5. The average molecular weight is 403 g/mol. The van der Waals surface area contributed by atoms with Crippen molar-refractivity contribution >= 4 is 29.2 Å². The van der Waals surface area contributed by atoms with Crippen LogP contribution in [-0.4, -0.2) is 32.1 Å². The second-order valence-electron chi connectivity index (χ2n) is 6.22. The molecule has 0 saturated heterocycles. The molecule has 3 N–H and O–H groups in total.